The largest absolute Gasteiger partial charge is 0.394 e. The summed E-state index contributed by atoms with van der Waals surface area (Å²) in [6.07, 6.45) is 1.42. The number of aliphatic hydroxyl groups is 1. The molecule has 3 unspecified atom stereocenters. The Labute approximate surface area is 230 Å². The van der Waals surface area contributed by atoms with E-state index in [4.69, 9.17) is 0 Å². The van der Waals surface area contributed by atoms with Gasteiger partial charge in [-0.05, 0) is 41.7 Å². The van der Waals surface area contributed by atoms with E-state index >= 15 is 0 Å². The predicted octanol–water partition coefficient (Wildman–Crippen LogP) is 3.79. The minimum atomic E-state index is -0.796. The number of thioether (sulfide) groups is 1. The van der Waals surface area contributed by atoms with Crippen LogP contribution in [0.4, 0.5) is 5.69 Å². The van der Waals surface area contributed by atoms with Crippen LogP contribution in [0.5, 0.6) is 0 Å². The molecule has 3 amide bonds. The van der Waals surface area contributed by atoms with Gasteiger partial charge < -0.3 is 20.6 Å². The molecule has 3 aliphatic rings. The number of amides is 3. The molecule has 2 aromatic carbocycles. The van der Waals surface area contributed by atoms with E-state index < -0.39 is 28.7 Å². The first-order chi connectivity index (χ1) is 17.7. The first-order valence-corrected chi connectivity index (χ1v) is 14.8. The molecule has 9 heteroatoms. The average molecular weight is 589 g/mol. The quantitative estimate of drug-likeness (QED) is 0.408. The molecule has 3 aliphatic heterocycles. The van der Waals surface area contributed by atoms with Gasteiger partial charge in [0.25, 0.3) is 0 Å². The zero-order valence-corrected chi connectivity index (χ0v) is 23.7. The zero-order valence-electron chi connectivity index (χ0n) is 21.3. The number of likely N-dealkylation sites (tertiary alicyclic amines) is 1. The van der Waals surface area contributed by atoms with Crippen LogP contribution in [0.2, 0.25) is 0 Å². The van der Waals surface area contributed by atoms with E-state index in [2.05, 4.69) is 26.6 Å². The second kappa shape index (κ2) is 10.2. The first kappa shape index (κ1) is 26.5. The fraction of sp³-hybridized carbons (Fsp3) is 0.536. The molecule has 3 heterocycles. The van der Waals surface area contributed by atoms with Gasteiger partial charge in [0, 0.05) is 22.3 Å². The number of anilines is 1. The summed E-state index contributed by atoms with van der Waals surface area (Å²) >= 11 is 5.40. The lowest BCUT2D eigenvalue weighted by molar-refractivity contribution is -0.142. The molecular formula is C28H34BrN3O4S. The van der Waals surface area contributed by atoms with E-state index in [0.29, 0.717) is 18.7 Å². The highest BCUT2D eigenvalue weighted by atomic mass is 79.9. The molecule has 0 radical (unpaired) electrons. The summed E-state index contributed by atoms with van der Waals surface area (Å²) in [6, 6.07) is 12.4. The highest BCUT2D eigenvalue weighted by Crippen LogP contribution is 2.68. The normalized spacial score (nSPS) is 31.1. The van der Waals surface area contributed by atoms with E-state index in [-0.39, 0.29) is 40.3 Å². The average Bonchev–Trinajstić information content (AvgIpc) is 3.46. The van der Waals surface area contributed by atoms with Gasteiger partial charge in [-0.15, -0.1) is 11.8 Å². The Hall–Kier alpha value is -2.10. The number of nitrogens with one attached hydrogen (secondary N) is 2. The van der Waals surface area contributed by atoms with Gasteiger partial charge in [0.15, 0.2) is 0 Å². The van der Waals surface area contributed by atoms with Crippen molar-refractivity contribution in [3.05, 3.63) is 42.5 Å². The van der Waals surface area contributed by atoms with Crippen LogP contribution in [-0.2, 0) is 14.4 Å². The standard InChI is InChI=1S/C28H34BrN3O4S/c1-4-11-30-25(34)21-22-27(36)32(20(14-33)15(2)3)24(28(22)13-19(29)23(21)37-28)26(35)31-18-10-9-16-7-5-6-8-17(16)12-18/h5-10,12,15,19-24,33H,4,11,13-14H2,1-3H3,(H,30,34)(H,31,35)/t19?,20-,21-,22-,23-,24?,28?/m0/s1. The lowest BCUT2D eigenvalue weighted by Gasteiger charge is -2.38. The number of rotatable bonds is 8. The molecule has 0 aromatic heterocycles. The number of benzene rings is 2. The Balaban J connectivity index is 1.54. The smallest absolute Gasteiger partial charge is 0.248 e. The van der Waals surface area contributed by atoms with Crippen LogP contribution in [0.25, 0.3) is 10.8 Å². The summed E-state index contributed by atoms with van der Waals surface area (Å²) in [4.78, 5) is 43.2. The van der Waals surface area contributed by atoms with Crippen LogP contribution in [0.1, 0.15) is 33.6 Å². The van der Waals surface area contributed by atoms with Crippen LogP contribution in [0.3, 0.4) is 0 Å². The van der Waals surface area contributed by atoms with E-state index in [1.54, 1.807) is 16.7 Å². The number of halogens is 1. The molecule has 7 nitrogen and oxygen atoms in total. The molecular weight excluding hydrogens is 554 g/mol. The second-order valence-corrected chi connectivity index (χ2v) is 13.5. The van der Waals surface area contributed by atoms with Crippen molar-refractivity contribution < 1.29 is 19.5 Å². The van der Waals surface area contributed by atoms with Crippen LogP contribution >= 0.6 is 27.7 Å². The number of nitrogens with zero attached hydrogens (tertiary/aromatic N) is 1. The van der Waals surface area contributed by atoms with Crippen molar-refractivity contribution in [2.45, 2.75) is 60.5 Å². The number of hydrogen-bond acceptors (Lipinski definition) is 5. The van der Waals surface area contributed by atoms with Crippen molar-refractivity contribution >= 4 is 61.9 Å². The summed E-state index contributed by atoms with van der Waals surface area (Å²) in [7, 11) is 0. The Kier molecular flexibility index (Phi) is 7.33. The van der Waals surface area contributed by atoms with E-state index in [1.807, 2.05) is 63.2 Å². The number of hydrogen-bond donors (Lipinski definition) is 3. The Morgan fingerprint density at radius 2 is 1.92 bits per heavy atom. The fourth-order valence-corrected chi connectivity index (χ4v) is 10.1. The van der Waals surface area contributed by atoms with Gasteiger partial charge in [-0.3, -0.25) is 14.4 Å². The number of carbonyl (C=O) groups excluding carboxylic acids is 3. The number of alkyl halides is 1. The number of aliphatic hydroxyl groups excluding tert-OH is 1. The molecule has 3 saturated heterocycles. The molecule has 1 spiro atoms. The minimum absolute atomic E-state index is 0.0153. The van der Waals surface area contributed by atoms with Gasteiger partial charge in [-0.25, -0.2) is 0 Å². The Morgan fingerprint density at radius 3 is 2.59 bits per heavy atom. The third-order valence-electron chi connectivity index (χ3n) is 8.16. The van der Waals surface area contributed by atoms with Gasteiger partial charge in [0.1, 0.15) is 6.04 Å². The lowest BCUT2D eigenvalue weighted by atomic mass is 9.70. The molecule has 7 atom stereocenters. The van der Waals surface area contributed by atoms with E-state index in [9.17, 15) is 19.5 Å². The van der Waals surface area contributed by atoms with Crippen molar-refractivity contribution in [1.29, 1.82) is 0 Å². The third-order valence-corrected chi connectivity index (χ3v) is 11.4. The number of fused-ring (bicyclic) bond motifs is 2. The minimum Gasteiger partial charge on any atom is -0.394 e. The molecule has 198 valence electrons. The highest BCUT2D eigenvalue weighted by Gasteiger charge is 2.76. The number of carbonyl (C=O) groups is 3. The maximum Gasteiger partial charge on any atom is 0.248 e. The van der Waals surface area contributed by atoms with Crippen LogP contribution in [-0.4, -0.2) is 67.8 Å². The van der Waals surface area contributed by atoms with E-state index in [0.717, 1.165) is 17.2 Å². The van der Waals surface area contributed by atoms with Crippen molar-refractivity contribution in [1.82, 2.24) is 10.2 Å². The molecule has 37 heavy (non-hydrogen) atoms. The van der Waals surface area contributed by atoms with Crippen LogP contribution in [0, 0.1) is 17.8 Å². The third kappa shape index (κ3) is 4.27. The maximum atomic E-state index is 14.1. The lowest BCUT2D eigenvalue weighted by Crippen LogP contribution is -2.56. The highest BCUT2D eigenvalue weighted by molar-refractivity contribution is 9.09. The molecule has 3 N–H and O–H groups in total. The topological polar surface area (TPSA) is 98.7 Å². The van der Waals surface area contributed by atoms with Gasteiger partial charge in [0.05, 0.1) is 29.2 Å². The van der Waals surface area contributed by atoms with Gasteiger partial charge in [-0.2, -0.15) is 0 Å². The predicted molar refractivity (Wildman–Crippen MR) is 151 cm³/mol. The van der Waals surface area contributed by atoms with Crippen molar-refractivity contribution in [2.75, 3.05) is 18.5 Å². The summed E-state index contributed by atoms with van der Waals surface area (Å²) in [6.45, 7) is 6.19. The molecule has 2 bridgehead atoms. The second-order valence-electron chi connectivity index (χ2n) is 10.7. The van der Waals surface area contributed by atoms with Gasteiger partial charge >= 0.3 is 0 Å². The van der Waals surface area contributed by atoms with Gasteiger partial charge in [-0.1, -0.05) is 67.0 Å². The van der Waals surface area contributed by atoms with Crippen LogP contribution < -0.4 is 10.6 Å². The Morgan fingerprint density at radius 1 is 1.19 bits per heavy atom. The molecule has 0 aliphatic carbocycles. The molecule has 2 aromatic rings. The monoisotopic (exact) mass is 587 g/mol. The van der Waals surface area contributed by atoms with Crippen molar-refractivity contribution in [3.63, 3.8) is 0 Å². The molecule has 5 rings (SSSR count). The molecule has 3 fully saturated rings. The Bertz CT molecular complexity index is 1220. The van der Waals surface area contributed by atoms with E-state index in [1.165, 1.54) is 0 Å². The summed E-state index contributed by atoms with van der Waals surface area (Å²) < 4.78 is -0.743. The summed E-state index contributed by atoms with van der Waals surface area (Å²) in [5.74, 6) is -1.77. The van der Waals surface area contributed by atoms with Crippen molar-refractivity contribution in [3.8, 4) is 0 Å². The fourth-order valence-electron chi connectivity index (χ4n) is 6.49. The van der Waals surface area contributed by atoms with Gasteiger partial charge in [0.2, 0.25) is 17.7 Å². The van der Waals surface area contributed by atoms with Crippen LogP contribution in [0.15, 0.2) is 42.5 Å². The first-order valence-electron chi connectivity index (χ1n) is 13.1. The SMILES string of the molecule is CCCNC(=O)[C@H]1[C@H]2C(=O)N([C@@H](CO)C(C)C)C(C(=O)Nc3ccc4ccccc4c3)C23CC(Br)[C@@H]1S3. The molecule has 0 saturated carbocycles. The maximum absolute atomic E-state index is 14.1. The zero-order chi connectivity index (χ0) is 26.5. The van der Waals surface area contributed by atoms with Crippen molar-refractivity contribution in [2.24, 2.45) is 17.8 Å². The summed E-state index contributed by atoms with van der Waals surface area (Å²) in [5, 5.41) is 18.4. The summed E-state index contributed by atoms with van der Waals surface area (Å²) in [5.41, 5.74) is 0.659.